The molecule has 0 heterocycles. The minimum absolute atomic E-state index is 0.0714. The Morgan fingerprint density at radius 3 is 2.50 bits per heavy atom. The molecule has 0 amide bonds. The van der Waals surface area contributed by atoms with Crippen molar-refractivity contribution >= 4 is 9.84 Å². The highest BCUT2D eigenvalue weighted by atomic mass is 32.2. The zero-order chi connectivity index (χ0) is 14.8. The predicted molar refractivity (Wildman–Crippen MR) is 83.5 cm³/mol. The number of hydrogen-bond acceptors (Lipinski definition) is 3. The summed E-state index contributed by atoms with van der Waals surface area (Å²) in [4.78, 5) is 0. The van der Waals surface area contributed by atoms with Gasteiger partial charge in [0.2, 0.25) is 0 Å². The molecule has 1 atom stereocenters. The molecule has 1 aromatic carbocycles. The fraction of sp³-hybridized carbons (Fsp3) is 0.625. The van der Waals surface area contributed by atoms with Gasteiger partial charge in [0.05, 0.1) is 11.0 Å². The maximum atomic E-state index is 12.5. The Morgan fingerprint density at radius 2 is 1.85 bits per heavy atom. The van der Waals surface area contributed by atoms with E-state index in [1.807, 2.05) is 32.0 Å². The van der Waals surface area contributed by atoms with Crippen LogP contribution in [0.3, 0.4) is 0 Å². The fourth-order valence-corrected chi connectivity index (χ4v) is 5.06. The Balaban J connectivity index is 2.13. The van der Waals surface area contributed by atoms with Crippen molar-refractivity contribution < 1.29 is 8.42 Å². The average Bonchev–Trinajstić information content (AvgIpc) is 2.42. The molecule has 2 rings (SSSR count). The van der Waals surface area contributed by atoms with E-state index in [0.717, 1.165) is 48.8 Å². The van der Waals surface area contributed by atoms with Crippen LogP contribution in [0.4, 0.5) is 0 Å². The van der Waals surface area contributed by atoms with Gasteiger partial charge < -0.3 is 5.73 Å². The summed E-state index contributed by atoms with van der Waals surface area (Å²) >= 11 is 0. The first-order chi connectivity index (χ1) is 9.40. The van der Waals surface area contributed by atoms with E-state index in [2.05, 4.69) is 0 Å². The Hall–Kier alpha value is -0.870. The van der Waals surface area contributed by atoms with E-state index >= 15 is 0 Å². The summed E-state index contributed by atoms with van der Waals surface area (Å²) in [6, 6.07) is 5.64. The van der Waals surface area contributed by atoms with Crippen LogP contribution in [0.15, 0.2) is 18.2 Å². The molecule has 0 aliphatic heterocycles. The van der Waals surface area contributed by atoms with Gasteiger partial charge in [-0.1, -0.05) is 43.0 Å². The van der Waals surface area contributed by atoms with Crippen LogP contribution in [0.2, 0.25) is 0 Å². The molecule has 1 fully saturated rings. The van der Waals surface area contributed by atoms with Crippen molar-refractivity contribution in [3.63, 3.8) is 0 Å². The smallest absolute Gasteiger partial charge is 0.155 e. The van der Waals surface area contributed by atoms with Crippen LogP contribution in [0.1, 0.15) is 54.8 Å². The second-order valence-electron chi connectivity index (χ2n) is 6.06. The van der Waals surface area contributed by atoms with Crippen molar-refractivity contribution in [2.45, 2.75) is 57.2 Å². The van der Waals surface area contributed by atoms with Crippen LogP contribution in [-0.4, -0.2) is 19.4 Å². The van der Waals surface area contributed by atoms with Crippen LogP contribution in [0.25, 0.3) is 0 Å². The molecular weight excluding hydrogens is 270 g/mol. The molecule has 0 saturated heterocycles. The molecule has 112 valence electrons. The Morgan fingerprint density at radius 1 is 1.20 bits per heavy atom. The van der Waals surface area contributed by atoms with Crippen LogP contribution in [0.5, 0.6) is 0 Å². The number of benzene rings is 1. The summed E-state index contributed by atoms with van der Waals surface area (Å²) in [6.45, 7) is 3.99. The summed E-state index contributed by atoms with van der Waals surface area (Å²) in [6.07, 6.45) is 4.84. The Kier molecular flexibility index (Phi) is 4.86. The van der Waals surface area contributed by atoms with E-state index < -0.39 is 15.9 Å². The normalized spacial score (nSPS) is 18.9. The second kappa shape index (κ2) is 6.27. The zero-order valence-electron chi connectivity index (χ0n) is 12.4. The van der Waals surface area contributed by atoms with E-state index in [4.69, 9.17) is 5.73 Å². The summed E-state index contributed by atoms with van der Waals surface area (Å²) in [5, 5.41) is -0.174. The van der Waals surface area contributed by atoms with Gasteiger partial charge in [0, 0.05) is 6.04 Å². The first kappa shape index (κ1) is 15.5. The second-order valence-corrected chi connectivity index (χ2v) is 8.38. The summed E-state index contributed by atoms with van der Waals surface area (Å²) in [5.74, 6) is 0.0714. The standard InChI is InChI=1S/C16H25NO2S/c1-12-8-9-13(2)15(10-12)16(17)11-20(18,19)14-6-4-3-5-7-14/h8-10,14,16H,3-7,11,17H2,1-2H3. The molecule has 1 unspecified atom stereocenters. The SMILES string of the molecule is Cc1ccc(C)c(C(N)CS(=O)(=O)C2CCCCC2)c1. The third kappa shape index (κ3) is 3.61. The Labute approximate surface area is 122 Å². The van der Waals surface area contributed by atoms with Crippen LogP contribution < -0.4 is 5.73 Å². The van der Waals surface area contributed by atoms with E-state index in [9.17, 15) is 8.42 Å². The number of nitrogens with two attached hydrogens (primary N) is 1. The lowest BCUT2D eigenvalue weighted by atomic mass is 10.0. The molecule has 1 saturated carbocycles. The van der Waals surface area contributed by atoms with Crippen molar-refractivity contribution in [1.29, 1.82) is 0 Å². The van der Waals surface area contributed by atoms with Crippen LogP contribution in [-0.2, 0) is 9.84 Å². The maximum Gasteiger partial charge on any atom is 0.155 e. The molecule has 0 spiro atoms. The van der Waals surface area contributed by atoms with Crippen LogP contribution in [0, 0.1) is 13.8 Å². The molecule has 3 nitrogen and oxygen atoms in total. The molecule has 0 bridgehead atoms. The first-order valence-electron chi connectivity index (χ1n) is 7.44. The van der Waals surface area contributed by atoms with Crippen molar-refractivity contribution in [2.24, 2.45) is 5.73 Å². The van der Waals surface area contributed by atoms with Gasteiger partial charge in [-0.15, -0.1) is 0 Å². The molecular formula is C16H25NO2S. The monoisotopic (exact) mass is 295 g/mol. The van der Waals surface area contributed by atoms with E-state index in [-0.39, 0.29) is 11.0 Å². The molecule has 20 heavy (non-hydrogen) atoms. The number of aryl methyl sites for hydroxylation is 2. The van der Waals surface area contributed by atoms with E-state index in [1.54, 1.807) is 0 Å². The molecule has 1 aliphatic rings. The highest BCUT2D eigenvalue weighted by Gasteiger charge is 2.29. The summed E-state index contributed by atoms with van der Waals surface area (Å²) in [7, 11) is -3.09. The lowest BCUT2D eigenvalue weighted by Crippen LogP contribution is -2.31. The molecule has 0 aromatic heterocycles. The number of sulfone groups is 1. The molecule has 4 heteroatoms. The van der Waals surface area contributed by atoms with Gasteiger partial charge in [-0.25, -0.2) is 8.42 Å². The summed E-state index contributed by atoms with van der Waals surface area (Å²) < 4.78 is 25.0. The quantitative estimate of drug-likeness (QED) is 0.928. The van der Waals surface area contributed by atoms with Crippen molar-refractivity contribution in [2.75, 3.05) is 5.75 Å². The minimum Gasteiger partial charge on any atom is -0.323 e. The predicted octanol–water partition coefficient (Wildman–Crippen LogP) is 3.05. The van der Waals surface area contributed by atoms with E-state index in [0.29, 0.717) is 0 Å². The number of rotatable bonds is 4. The molecule has 0 radical (unpaired) electrons. The maximum absolute atomic E-state index is 12.5. The highest BCUT2D eigenvalue weighted by molar-refractivity contribution is 7.92. The van der Waals surface area contributed by atoms with Crippen molar-refractivity contribution in [3.05, 3.63) is 34.9 Å². The molecule has 2 N–H and O–H groups in total. The topological polar surface area (TPSA) is 60.2 Å². The van der Waals surface area contributed by atoms with Crippen molar-refractivity contribution in [3.8, 4) is 0 Å². The molecule has 1 aromatic rings. The summed E-state index contributed by atoms with van der Waals surface area (Å²) in [5.41, 5.74) is 9.33. The number of hydrogen-bond donors (Lipinski definition) is 1. The van der Waals surface area contributed by atoms with Gasteiger partial charge in [-0.3, -0.25) is 0 Å². The third-order valence-electron chi connectivity index (χ3n) is 4.31. The zero-order valence-corrected chi connectivity index (χ0v) is 13.2. The van der Waals surface area contributed by atoms with Crippen LogP contribution >= 0.6 is 0 Å². The average molecular weight is 295 g/mol. The van der Waals surface area contributed by atoms with Crippen molar-refractivity contribution in [1.82, 2.24) is 0 Å². The van der Waals surface area contributed by atoms with Gasteiger partial charge in [0.15, 0.2) is 9.84 Å². The third-order valence-corrected chi connectivity index (χ3v) is 6.62. The lowest BCUT2D eigenvalue weighted by Gasteiger charge is -2.24. The van der Waals surface area contributed by atoms with Gasteiger partial charge in [-0.05, 0) is 37.8 Å². The molecule has 1 aliphatic carbocycles. The van der Waals surface area contributed by atoms with Gasteiger partial charge >= 0.3 is 0 Å². The highest BCUT2D eigenvalue weighted by Crippen LogP contribution is 2.27. The van der Waals surface area contributed by atoms with Gasteiger partial charge in [-0.2, -0.15) is 0 Å². The Bertz CT molecular complexity index is 560. The lowest BCUT2D eigenvalue weighted by molar-refractivity contribution is 0.481. The van der Waals surface area contributed by atoms with Gasteiger partial charge in [0.25, 0.3) is 0 Å². The van der Waals surface area contributed by atoms with E-state index in [1.165, 1.54) is 0 Å². The van der Waals surface area contributed by atoms with Gasteiger partial charge in [0.1, 0.15) is 0 Å². The largest absolute Gasteiger partial charge is 0.323 e. The minimum atomic E-state index is -3.09. The fourth-order valence-electron chi connectivity index (χ4n) is 3.06. The first-order valence-corrected chi connectivity index (χ1v) is 9.16.